The number of amides is 3. The molecule has 2 aliphatic heterocycles. The molecule has 1 unspecified atom stereocenters. The highest BCUT2D eigenvalue weighted by atomic mass is 16.2. The SMILES string of the molecule is CC1CN(C=O)c2ccccc2N(CC(=O)N2CCCCCC2)C1=O. The van der Waals surface area contributed by atoms with Gasteiger partial charge in [-0.05, 0) is 25.0 Å². The molecule has 0 spiro atoms. The zero-order valence-corrected chi connectivity index (χ0v) is 14.7. The molecule has 0 aliphatic carbocycles. The minimum Gasteiger partial charge on any atom is -0.341 e. The molecule has 6 heteroatoms. The van der Waals surface area contributed by atoms with Crippen molar-refractivity contribution in [3.8, 4) is 0 Å². The number of rotatable bonds is 3. The van der Waals surface area contributed by atoms with Crippen LogP contribution in [0.4, 0.5) is 11.4 Å². The lowest BCUT2D eigenvalue weighted by Crippen LogP contribution is -2.45. The molecule has 3 rings (SSSR count). The second-order valence-corrected chi connectivity index (χ2v) is 6.87. The number of para-hydroxylation sites is 2. The van der Waals surface area contributed by atoms with E-state index in [9.17, 15) is 14.4 Å². The first-order valence-corrected chi connectivity index (χ1v) is 9.02. The first-order valence-electron chi connectivity index (χ1n) is 9.02. The molecule has 6 nitrogen and oxygen atoms in total. The van der Waals surface area contributed by atoms with Crippen molar-refractivity contribution in [1.82, 2.24) is 4.90 Å². The van der Waals surface area contributed by atoms with Gasteiger partial charge in [-0.15, -0.1) is 0 Å². The number of benzene rings is 1. The quantitative estimate of drug-likeness (QED) is 0.789. The number of carbonyl (C=O) groups is 3. The minimum absolute atomic E-state index is 0.0168. The molecule has 0 radical (unpaired) electrons. The lowest BCUT2D eigenvalue weighted by atomic mass is 10.1. The van der Waals surface area contributed by atoms with Gasteiger partial charge >= 0.3 is 0 Å². The summed E-state index contributed by atoms with van der Waals surface area (Å²) in [5.41, 5.74) is 1.31. The first kappa shape index (κ1) is 17.5. The highest BCUT2D eigenvalue weighted by Crippen LogP contribution is 2.33. The summed E-state index contributed by atoms with van der Waals surface area (Å²) in [4.78, 5) is 42.1. The van der Waals surface area contributed by atoms with Gasteiger partial charge in [0.2, 0.25) is 18.2 Å². The summed E-state index contributed by atoms with van der Waals surface area (Å²) >= 11 is 0. The maximum atomic E-state index is 12.9. The predicted octanol–water partition coefficient (Wildman–Crippen LogP) is 2.03. The molecule has 134 valence electrons. The smallest absolute Gasteiger partial charge is 0.242 e. The van der Waals surface area contributed by atoms with E-state index in [0.717, 1.165) is 45.2 Å². The molecular formula is C19H25N3O3. The van der Waals surface area contributed by atoms with Gasteiger partial charge < -0.3 is 14.7 Å². The van der Waals surface area contributed by atoms with Crippen LogP contribution in [-0.2, 0) is 14.4 Å². The molecule has 1 aromatic carbocycles. The van der Waals surface area contributed by atoms with Crippen molar-refractivity contribution < 1.29 is 14.4 Å². The van der Waals surface area contributed by atoms with Crippen LogP contribution in [0.5, 0.6) is 0 Å². The summed E-state index contributed by atoms with van der Waals surface area (Å²) in [5.74, 6) is -0.480. The van der Waals surface area contributed by atoms with Crippen LogP contribution in [0.15, 0.2) is 24.3 Å². The van der Waals surface area contributed by atoms with Crippen molar-refractivity contribution in [2.75, 3.05) is 36.0 Å². The Balaban J connectivity index is 1.88. The molecule has 1 fully saturated rings. The Hall–Kier alpha value is -2.37. The van der Waals surface area contributed by atoms with Crippen molar-refractivity contribution in [1.29, 1.82) is 0 Å². The van der Waals surface area contributed by atoms with Crippen LogP contribution >= 0.6 is 0 Å². The van der Waals surface area contributed by atoms with Crippen LogP contribution in [0, 0.1) is 5.92 Å². The molecule has 0 N–H and O–H groups in total. The van der Waals surface area contributed by atoms with Crippen molar-refractivity contribution in [2.45, 2.75) is 32.6 Å². The third-order valence-electron chi connectivity index (χ3n) is 5.02. The monoisotopic (exact) mass is 343 g/mol. The topological polar surface area (TPSA) is 60.9 Å². The third kappa shape index (κ3) is 3.67. The molecule has 25 heavy (non-hydrogen) atoms. The molecule has 1 aromatic rings. The number of likely N-dealkylation sites (tertiary alicyclic amines) is 1. The summed E-state index contributed by atoms with van der Waals surface area (Å²) < 4.78 is 0. The number of hydrogen-bond donors (Lipinski definition) is 0. The molecule has 3 amide bonds. The zero-order valence-electron chi connectivity index (χ0n) is 14.7. The molecule has 1 atom stereocenters. The van der Waals surface area contributed by atoms with E-state index in [1.165, 1.54) is 0 Å². The van der Waals surface area contributed by atoms with E-state index in [-0.39, 0.29) is 24.3 Å². The summed E-state index contributed by atoms with van der Waals surface area (Å²) in [6.45, 7) is 3.69. The molecule has 1 saturated heterocycles. The predicted molar refractivity (Wildman–Crippen MR) is 96.4 cm³/mol. The van der Waals surface area contributed by atoms with Crippen LogP contribution in [0.3, 0.4) is 0 Å². The van der Waals surface area contributed by atoms with E-state index in [4.69, 9.17) is 0 Å². The van der Waals surface area contributed by atoms with Gasteiger partial charge in [0.15, 0.2) is 0 Å². The number of anilines is 2. The average molecular weight is 343 g/mol. The second-order valence-electron chi connectivity index (χ2n) is 6.87. The molecule has 0 aromatic heterocycles. The highest BCUT2D eigenvalue weighted by Gasteiger charge is 2.33. The summed E-state index contributed by atoms with van der Waals surface area (Å²) in [5, 5.41) is 0. The Morgan fingerprint density at radius 1 is 1.12 bits per heavy atom. The normalized spacial score (nSPS) is 21.4. The number of hydrogen-bond acceptors (Lipinski definition) is 3. The van der Waals surface area contributed by atoms with Crippen LogP contribution < -0.4 is 9.80 Å². The molecule has 0 saturated carbocycles. The van der Waals surface area contributed by atoms with E-state index in [1.807, 2.05) is 23.1 Å². The summed E-state index contributed by atoms with van der Waals surface area (Å²) in [6, 6.07) is 7.29. The van der Waals surface area contributed by atoms with E-state index in [1.54, 1.807) is 22.8 Å². The van der Waals surface area contributed by atoms with Gasteiger partial charge in [-0.1, -0.05) is 31.9 Å². The van der Waals surface area contributed by atoms with Crippen molar-refractivity contribution in [3.05, 3.63) is 24.3 Å². The Morgan fingerprint density at radius 3 is 2.40 bits per heavy atom. The van der Waals surface area contributed by atoms with E-state index in [2.05, 4.69) is 0 Å². The molecular weight excluding hydrogens is 318 g/mol. The fourth-order valence-electron chi connectivity index (χ4n) is 3.61. The highest BCUT2D eigenvalue weighted by molar-refractivity contribution is 6.05. The Labute approximate surface area is 148 Å². The number of carbonyl (C=O) groups excluding carboxylic acids is 3. The molecule has 2 aliphatic rings. The fraction of sp³-hybridized carbons (Fsp3) is 0.526. The van der Waals surface area contributed by atoms with Gasteiger partial charge in [0.1, 0.15) is 6.54 Å². The first-order chi connectivity index (χ1) is 12.1. The summed E-state index contributed by atoms with van der Waals surface area (Å²) in [6.07, 6.45) is 5.10. The van der Waals surface area contributed by atoms with Crippen molar-refractivity contribution >= 4 is 29.6 Å². The van der Waals surface area contributed by atoms with Crippen LogP contribution in [0.2, 0.25) is 0 Å². The van der Waals surface area contributed by atoms with Gasteiger partial charge in [-0.3, -0.25) is 14.4 Å². The maximum Gasteiger partial charge on any atom is 0.242 e. The van der Waals surface area contributed by atoms with Gasteiger partial charge in [-0.2, -0.15) is 0 Å². The minimum atomic E-state index is -0.352. The molecule has 2 heterocycles. The van der Waals surface area contributed by atoms with Crippen molar-refractivity contribution in [2.24, 2.45) is 5.92 Å². The fourth-order valence-corrected chi connectivity index (χ4v) is 3.61. The van der Waals surface area contributed by atoms with Gasteiger partial charge in [0.05, 0.1) is 17.3 Å². The maximum absolute atomic E-state index is 12.9. The van der Waals surface area contributed by atoms with E-state index >= 15 is 0 Å². The zero-order chi connectivity index (χ0) is 17.8. The summed E-state index contributed by atoms with van der Waals surface area (Å²) in [7, 11) is 0. The van der Waals surface area contributed by atoms with E-state index in [0.29, 0.717) is 17.9 Å². The van der Waals surface area contributed by atoms with Crippen molar-refractivity contribution in [3.63, 3.8) is 0 Å². The number of fused-ring (bicyclic) bond motifs is 1. The lowest BCUT2D eigenvalue weighted by Gasteiger charge is -2.27. The van der Waals surface area contributed by atoms with Gasteiger partial charge in [0.25, 0.3) is 0 Å². The Kier molecular flexibility index (Phi) is 5.36. The third-order valence-corrected chi connectivity index (χ3v) is 5.02. The average Bonchev–Trinajstić information content (AvgIpc) is 2.96. The van der Waals surface area contributed by atoms with Crippen LogP contribution in [0.25, 0.3) is 0 Å². The standard InChI is InChI=1S/C19H25N3O3/c1-15-12-21(14-23)16-8-4-5-9-17(16)22(19(15)25)13-18(24)20-10-6-2-3-7-11-20/h4-5,8-9,14-15H,2-3,6-7,10-13H2,1H3. The van der Waals surface area contributed by atoms with Gasteiger partial charge in [-0.25, -0.2) is 0 Å². The number of nitrogens with zero attached hydrogens (tertiary/aromatic N) is 3. The molecule has 0 bridgehead atoms. The van der Waals surface area contributed by atoms with Crippen LogP contribution in [0.1, 0.15) is 32.6 Å². The second kappa shape index (κ2) is 7.68. The Bertz CT molecular complexity index is 653. The Morgan fingerprint density at radius 2 is 1.76 bits per heavy atom. The van der Waals surface area contributed by atoms with Crippen LogP contribution in [-0.4, -0.2) is 49.3 Å². The van der Waals surface area contributed by atoms with Gasteiger partial charge in [0, 0.05) is 19.6 Å². The van der Waals surface area contributed by atoms with E-state index < -0.39 is 0 Å². The largest absolute Gasteiger partial charge is 0.341 e. The lowest BCUT2D eigenvalue weighted by molar-refractivity contribution is -0.132.